The molecule has 4 heteroatoms. The Morgan fingerprint density at radius 1 is 1.09 bits per heavy atom. The summed E-state index contributed by atoms with van der Waals surface area (Å²) in [6.45, 7) is 2.37. The Kier molecular flexibility index (Phi) is 5.63. The zero-order valence-corrected chi connectivity index (χ0v) is 14.4. The fraction of sp³-hybridized carbons (Fsp3) is 0.278. The minimum atomic E-state index is -0.374. The molecule has 0 N–H and O–H groups in total. The molecule has 2 nitrogen and oxygen atoms in total. The lowest BCUT2D eigenvalue weighted by Crippen LogP contribution is -2.17. The van der Waals surface area contributed by atoms with Gasteiger partial charge in [-0.1, -0.05) is 53.5 Å². The van der Waals surface area contributed by atoms with Crippen LogP contribution in [0.4, 0.5) is 0 Å². The highest BCUT2D eigenvalue weighted by atomic mass is 35.5. The SMILES string of the molecule is CC(=O)C(c1ccc(Cl)cc1Cl)c1ccccc1CN(C)C. The minimum Gasteiger partial charge on any atom is -0.305 e. The molecule has 2 rings (SSSR count). The van der Waals surface area contributed by atoms with Gasteiger partial charge >= 0.3 is 0 Å². The van der Waals surface area contributed by atoms with E-state index in [2.05, 4.69) is 11.0 Å². The molecular formula is C18H19Cl2NO. The summed E-state index contributed by atoms with van der Waals surface area (Å²) in [5.41, 5.74) is 2.91. The first kappa shape index (κ1) is 17.0. The van der Waals surface area contributed by atoms with E-state index in [0.29, 0.717) is 10.0 Å². The first-order chi connectivity index (χ1) is 10.4. The molecule has 22 heavy (non-hydrogen) atoms. The average Bonchev–Trinajstić information content (AvgIpc) is 2.42. The number of hydrogen-bond acceptors (Lipinski definition) is 2. The topological polar surface area (TPSA) is 20.3 Å². The van der Waals surface area contributed by atoms with Crippen molar-refractivity contribution in [3.8, 4) is 0 Å². The van der Waals surface area contributed by atoms with Crippen molar-refractivity contribution in [3.05, 3.63) is 69.2 Å². The molecule has 0 spiro atoms. The van der Waals surface area contributed by atoms with Crippen molar-refractivity contribution in [2.45, 2.75) is 19.4 Å². The van der Waals surface area contributed by atoms with Crippen molar-refractivity contribution in [2.75, 3.05) is 14.1 Å². The maximum absolute atomic E-state index is 12.3. The van der Waals surface area contributed by atoms with Gasteiger partial charge < -0.3 is 4.90 Å². The lowest BCUT2D eigenvalue weighted by atomic mass is 9.85. The lowest BCUT2D eigenvalue weighted by Gasteiger charge is -2.21. The van der Waals surface area contributed by atoms with Crippen LogP contribution >= 0.6 is 23.2 Å². The van der Waals surface area contributed by atoms with Crippen LogP contribution in [-0.4, -0.2) is 24.8 Å². The van der Waals surface area contributed by atoms with E-state index in [1.165, 1.54) is 0 Å². The predicted octanol–water partition coefficient (Wildman–Crippen LogP) is 4.78. The van der Waals surface area contributed by atoms with Gasteiger partial charge in [-0.05, 0) is 49.8 Å². The van der Waals surface area contributed by atoms with Crippen LogP contribution in [0.2, 0.25) is 10.0 Å². The van der Waals surface area contributed by atoms with E-state index in [1.54, 1.807) is 19.1 Å². The molecule has 1 atom stereocenters. The second kappa shape index (κ2) is 7.28. The number of halogens is 2. The van der Waals surface area contributed by atoms with Gasteiger partial charge in [0.1, 0.15) is 5.78 Å². The Morgan fingerprint density at radius 3 is 2.36 bits per heavy atom. The summed E-state index contributed by atoms with van der Waals surface area (Å²) in [5, 5.41) is 1.09. The van der Waals surface area contributed by atoms with Crippen LogP contribution in [0.3, 0.4) is 0 Å². The Bertz CT molecular complexity index is 683. The van der Waals surface area contributed by atoms with Gasteiger partial charge in [0.15, 0.2) is 0 Å². The zero-order chi connectivity index (χ0) is 16.3. The molecule has 2 aromatic carbocycles. The van der Waals surface area contributed by atoms with Crippen molar-refractivity contribution in [3.63, 3.8) is 0 Å². The predicted molar refractivity (Wildman–Crippen MR) is 92.8 cm³/mol. The molecule has 0 amide bonds. The molecule has 0 aliphatic rings. The van der Waals surface area contributed by atoms with E-state index in [4.69, 9.17) is 23.2 Å². The normalized spacial score (nSPS) is 12.5. The molecule has 116 valence electrons. The Morgan fingerprint density at radius 2 is 1.77 bits per heavy atom. The fourth-order valence-electron chi connectivity index (χ4n) is 2.64. The third-order valence-corrected chi connectivity index (χ3v) is 4.10. The van der Waals surface area contributed by atoms with Gasteiger partial charge in [0.05, 0.1) is 5.92 Å². The smallest absolute Gasteiger partial charge is 0.141 e. The van der Waals surface area contributed by atoms with E-state index in [9.17, 15) is 4.79 Å². The highest BCUT2D eigenvalue weighted by Crippen LogP contribution is 2.34. The summed E-state index contributed by atoms with van der Waals surface area (Å²) in [5.74, 6) is -0.309. The Labute approximate surface area is 141 Å². The summed E-state index contributed by atoms with van der Waals surface area (Å²) in [4.78, 5) is 14.4. The molecule has 0 radical (unpaired) electrons. The molecule has 0 saturated carbocycles. The monoisotopic (exact) mass is 335 g/mol. The number of Topliss-reactive ketones (excluding diaryl/α,β-unsaturated/α-hetero) is 1. The third kappa shape index (κ3) is 3.89. The second-order valence-electron chi connectivity index (χ2n) is 5.65. The van der Waals surface area contributed by atoms with Crippen molar-refractivity contribution in [1.82, 2.24) is 4.90 Å². The van der Waals surface area contributed by atoms with Gasteiger partial charge in [-0.3, -0.25) is 4.79 Å². The van der Waals surface area contributed by atoms with Crippen LogP contribution in [0, 0.1) is 0 Å². The largest absolute Gasteiger partial charge is 0.305 e. The average molecular weight is 336 g/mol. The standard InChI is InChI=1S/C18H19Cl2NO/c1-12(22)18(16-9-8-14(19)10-17(16)20)15-7-5-4-6-13(15)11-21(2)3/h4-10,18H,11H2,1-3H3. The summed E-state index contributed by atoms with van der Waals surface area (Å²) in [6.07, 6.45) is 0. The van der Waals surface area contributed by atoms with Crippen LogP contribution in [-0.2, 0) is 11.3 Å². The molecule has 0 aromatic heterocycles. The quantitative estimate of drug-likeness (QED) is 0.783. The highest BCUT2D eigenvalue weighted by Gasteiger charge is 2.24. The van der Waals surface area contributed by atoms with Crippen LogP contribution in [0.15, 0.2) is 42.5 Å². The number of benzene rings is 2. The van der Waals surface area contributed by atoms with Gasteiger partial charge in [-0.15, -0.1) is 0 Å². The molecule has 1 unspecified atom stereocenters. The fourth-order valence-corrected chi connectivity index (χ4v) is 3.16. The van der Waals surface area contributed by atoms with Crippen molar-refractivity contribution >= 4 is 29.0 Å². The van der Waals surface area contributed by atoms with Crippen LogP contribution < -0.4 is 0 Å². The van der Waals surface area contributed by atoms with Gasteiger partial charge in [0.25, 0.3) is 0 Å². The van der Waals surface area contributed by atoms with E-state index in [-0.39, 0.29) is 11.7 Å². The maximum atomic E-state index is 12.3. The van der Waals surface area contributed by atoms with Crippen molar-refractivity contribution in [1.29, 1.82) is 0 Å². The number of carbonyl (C=O) groups is 1. The number of carbonyl (C=O) groups excluding carboxylic acids is 1. The summed E-state index contributed by atoms with van der Waals surface area (Å²) in [7, 11) is 4.02. The van der Waals surface area contributed by atoms with Crippen LogP contribution in [0.5, 0.6) is 0 Å². The van der Waals surface area contributed by atoms with Gasteiger partial charge in [0.2, 0.25) is 0 Å². The number of rotatable bonds is 5. The van der Waals surface area contributed by atoms with Crippen LogP contribution in [0.1, 0.15) is 29.5 Å². The van der Waals surface area contributed by atoms with Gasteiger partial charge in [-0.25, -0.2) is 0 Å². The van der Waals surface area contributed by atoms with E-state index in [0.717, 1.165) is 23.2 Å². The molecule has 0 bridgehead atoms. The van der Waals surface area contributed by atoms with Gasteiger partial charge in [0, 0.05) is 16.6 Å². The zero-order valence-electron chi connectivity index (χ0n) is 12.9. The number of nitrogens with zero attached hydrogens (tertiary/aromatic N) is 1. The molecule has 0 saturated heterocycles. The minimum absolute atomic E-state index is 0.0652. The highest BCUT2D eigenvalue weighted by molar-refractivity contribution is 6.35. The molecule has 0 aliphatic carbocycles. The summed E-state index contributed by atoms with van der Waals surface area (Å²) < 4.78 is 0. The molecule has 0 fully saturated rings. The number of hydrogen-bond donors (Lipinski definition) is 0. The maximum Gasteiger partial charge on any atom is 0.141 e. The van der Waals surface area contributed by atoms with Gasteiger partial charge in [-0.2, -0.15) is 0 Å². The van der Waals surface area contributed by atoms with E-state index < -0.39 is 0 Å². The third-order valence-electron chi connectivity index (χ3n) is 3.53. The van der Waals surface area contributed by atoms with Crippen molar-refractivity contribution < 1.29 is 4.79 Å². The summed E-state index contributed by atoms with van der Waals surface area (Å²) in [6, 6.07) is 13.3. The molecule has 2 aromatic rings. The molecule has 0 aliphatic heterocycles. The lowest BCUT2D eigenvalue weighted by molar-refractivity contribution is -0.117. The number of ketones is 1. The summed E-state index contributed by atoms with van der Waals surface area (Å²) >= 11 is 12.3. The first-order valence-corrected chi connectivity index (χ1v) is 7.83. The Balaban J connectivity index is 2.56. The van der Waals surface area contributed by atoms with Crippen LogP contribution in [0.25, 0.3) is 0 Å². The first-order valence-electron chi connectivity index (χ1n) is 7.08. The second-order valence-corrected chi connectivity index (χ2v) is 6.49. The van der Waals surface area contributed by atoms with E-state index in [1.807, 2.05) is 38.4 Å². The Hall–Kier alpha value is -1.35. The molecule has 0 heterocycles. The van der Waals surface area contributed by atoms with E-state index >= 15 is 0 Å². The molecular weight excluding hydrogens is 317 g/mol. The van der Waals surface area contributed by atoms with Crippen molar-refractivity contribution in [2.24, 2.45) is 0 Å².